The molecule has 1 aromatic heterocycles. The number of aliphatic hydroxyl groups is 1. The van der Waals surface area contributed by atoms with Crippen LogP contribution in [0.2, 0.25) is 0 Å². The molecule has 0 spiro atoms. The number of aromatic nitrogens is 2. The van der Waals surface area contributed by atoms with Gasteiger partial charge in [0, 0.05) is 31.4 Å². The summed E-state index contributed by atoms with van der Waals surface area (Å²) in [5.74, 6) is 0. The van der Waals surface area contributed by atoms with Crippen molar-refractivity contribution >= 4 is 0 Å². The predicted molar refractivity (Wildman–Crippen MR) is 94.3 cm³/mol. The van der Waals surface area contributed by atoms with Crippen LogP contribution in [-0.2, 0) is 18.1 Å². The lowest BCUT2D eigenvalue weighted by Gasteiger charge is -2.26. The summed E-state index contributed by atoms with van der Waals surface area (Å²) in [7, 11) is 1.85. The van der Waals surface area contributed by atoms with E-state index in [0.717, 1.165) is 5.56 Å². The van der Waals surface area contributed by atoms with E-state index in [0.29, 0.717) is 6.54 Å². The van der Waals surface area contributed by atoms with Gasteiger partial charge in [0.05, 0.1) is 6.20 Å². The molecule has 0 fully saturated rings. The Kier molecular flexibility index (Phi) is 4.97. The van der Waals surface area contributed by atoms with Crippen LogP contribution >= 0.6 is 0 Å². The van der Waals surface area contributed by atoms with Crippen molar-refractivity contribution in [2.45, 2.75) is 51.7 Å². The van der Waals surface area contributed by atoms with E-state index in [9.17, 15) is 5.11 Å². The molecule has 1 heterocycles. The Balaban J connectivity index is 2.00. The summed E-state index contributed by atoms with van der Waals surface area (Å²) >= 11 is 0. The van der Waals surface area contributed by atoms with Crippen LogP contribution in [0, 0.1) is 0 Å². The van der Waals surface area contributed by atoms with E-state index >= 15 is 0 Å². The molecule has 0 aliphatic carbocycles. The van der Waals surface area contributed by atoms with Gasteiger partial charge in [0.2, 0.25) is 0 Å². The van der Waals surface area contributed by atoms with Crippen LogP contribution in [-0.4, -0.2) is 21.4 Å². The van der Waals surface area contributed by atoms with Gasteiger partial charge in [-0.2, -0.15) is 5.10 Å². The van der Waals surface area contributed by atoms with Gasteiger partial charge in [-0.15, -0.1) is 0 Å². The molecule has 0 saturated carbocycles. The minimum Gasteiger partial charge on any atom is -0.384 e. The first kappa shape index (κ1) is 17.7. The Morgan fingerprint density at radius 3 is 2.22 bits per heavy atom. The Morgan fingerprint density at radius 1 is 1.13 bits per heavy atom. The number of nitrogens with zero attached hydrogens (tertiary/aromatic N) is 2. The molecule has 0 aliphatic rings. The summed E-state index contributed by atoms with van der Waals surface area (Å²) in [6.07, 6.45) is 3.56. The Hall–Kier alpha value is -1.65. The maximum atomic E-state index is 10.6. The third-order valence-corrected chi connectivity index (χ3v) is 4.36. The molecule has 2 rings (SSSR count). The number of hydrogen-bond donors (Lipinski definition) is 2. The van der Waals surface area contributed by atoms with Gasteiger partial charge in [-0.3, -0.25) is 4.68 Å². The van der Waals surface area contributed by atoms with Crippen molar-refractivity contribution < 1.29 is 5.11 Å². The number of aryl methyl sites for hydroxylation is 1. The van der Waals surface area contributed by atoms with Gasteiger partial charge in [-0.05, 0) is 30.4 Å². The van der Waals surface area contributed by atoms with Crippen LogP contribution in [0.25, 0.3) is 0 Å². The normalized spacial score (nSPS) is 16.1. The number of benzene rings is 1. The summed E-state index contributed by atoms with van der Waals surface area (Å²) in [6.45, 7) is 11.1. The summed E-state index contributed by atoms with van der Waals surface area (Å²) in [5.41, 5.74) is 2.60. The van der Waals surface area contributed by atoms with Crippen molar-refractivity contribution in [2.75, 3.05) is 6.54 Å². The zero-order chi connectivity index (χ0) is 17.3. The van der Waals surface area contributed by atoms with E-state index in [4.69, 9.17) is 0 Å². The van der Waals surface area contributed by atoms with E-state index in [2.05, 4.69) is 62.4 Å². The van der Waals surface area contributed by atoms with Crippen molar-refractivity contribution in [3.05, 3.63) is 53.3 Å². The zero-order valence-corrected chi connectivity index (χ0v) is 15.1. The second-order valence-corrected chi connectivity index (χ2v) is 7.65. The highest BCUT2D eigenvalue weighted by Crippen LogP contribution is 2.25. The zero-order valence-electron chi connectivity index (χ0n) is 15.1. The van der Waals surface area contributed by atoms with E-state index in [1.54, 1.807) is 10.9 Å². The Morgan fingerprint density at radius 2 is 1.74 bits per heavy atom. The van der Waals surface area contributed by atoms with Crippen molar-refractivity contribution in [1.82, 2.24) is 15.1 Å². The average Bonchev–Trinajstić information content (AvgIpc) is 2.91. The maximum Gasteiger partial charge on any atom is 0.102 e. The van der Waals surface area contributed by atoms with Gasteiger partial charge in [-0.25, -0.2) is 0 Å². The molecule has 126 valence electrons. The van der Waals surface area contributed by atoms with Crippen LogP contribution in [0.4, 0.5) is 0 Å². The minimum atomic E-state index is -0.937. The summed E-state index contributed by atoms with van der Waals surface area (Å²) in [5, 5.41) is 18.2. The molecule has 0 bridgehead atoms. The second kappa shape index (κ2) is 6.46. The van der Waals surface area contributed by atoms with Crippen LogP contribution < -0.4 is 5.32 Å². The smallest absolute Gasteiger partial charge is 0.102 e. The second-order valence-electron chi connectivity index (χ2n) is 7.65. The first-order valence-electron chi connectivity index (χ1n) is 8.15. The summed E-state index contributed by atoms with van der Waals surface area (Å²) in [4.78, 5) is 0. The minimum absolute atomic E-state index is 0.166. The molecular formula is C19H29N3O. The highest BCUT2D eigenvalue weighted by atomic mass is 16.3. The molecule has 1 aromatic carbocycles. The average molecular weight is 315 g/mol. The van der Waals surface area contributed by atoms with Crippen LogP contribution in [0.3, 0.4) is 0 Å². The predicted octanol–water partition coefficient (Wildman–Crippen LogP) is 3.28. The fourth-order valence-electron chi connectivity index (χ4n) is 2.54. The highest BCUT2D eigenvalue weighted by Gasteiger charge is 2.25. The molecule has 4 nitrogen and oxygen atoms in total. The maximum absolute atomic E-state index is 10.6. The molecule has 2 N–H and O–H groups in total. The van der Waals surface area contributed by atoms with E-state index in [1.807, 2.05) is 20.2 Å². The third kappa shape index (κ3) is 4.43. The van der Waals surface area contributed by atoms with Crippen molar-refractivity contribution in [2.24, 2.45) is 7.05 Å². The fourth-order valence-corrected chi connectivity index (χ4v) is 2.54. The molecule has 2 unspecified atom stereocenters. The SMILES string of the molecule is CC(NCC(C)(O)c1cnn(C)c1)c1ccc(C(C)(C)C)cc1. The van der Waals surface area contributed by atoms with Gasteiger partial charge in [0.25, 0.3) is 0 Å². The lowest BCUT2D eigenvalue weighted by molar-refractivity contribution is 0.0543. The first-order valence-corrected chi connectivity index (χ1v) is 8.15. The number of hydrogen-bond acceptors (Lipinski definition) is 3. The van der Waals surface area contributed by atoms with Gasteiger partial charge in [-0.1, -0.05) is 45.0 Å². The monoisotopic (exact) mass is 315 g/mol. The van der Waals surface area contributed by atoms with Gasteiger partial charge < -0.3 is 10.4 Å². The van der Waals surface area contributed by atoms with Crippen LogP contribution in [0.1, 0.15) is 57.4 Å². The molecule has 4 heteroatoms. The number of nitrogens with one attached hydrogen (secondary N) is 1. The molecule has 0 saturated heterocycles. The molecule has 2 atom stereocenters. The standard InChI is InChI=1S/C19H29N3O/c1-14(15-7-9-16(10-8-15)18(2,3)4)20-13-19(5,23)17-11-21-22(6)12-17/h7-12,14,20,23H,13H2,1-6H3. The molecule has 0 amide bonds. The lowest BCUT2D eigenvalue weighted by Crippen LogP contribution is -2.36. The van der Waals surface area contributed by atoms with Crippen LogP contribution in [0.15, 0.2) is 36.7 Å². The van der Waals surface area contributed by atoms with Gasteiger partial charge >= 0.3 is 0 Å². The Labute approximate surface area is 139 Å². The molecule has 0 aliphatic heterocycles. The third-order valence-electron chi connectivity index (χ3n) is 4.36. The topological polar surface area (TPSA) is 50.1 Å². The summed E-state index contributed by atoms with van der Waals surface area (Å²) in [6, 6.07) is 8.88. The largest absolute Gasteiger partial charge is 0.384 e. The number of rotatable bonds is 5. The van der Waals surface area contributed by atoms with Crippen molar-refractivity contribution in [3.8, 4) is 0 Å². The molecule has 2 aromatic rings. The molecule has 0 radical (unpaired) electrons. The van der Waals surface area contributed by atoms with E-state index in [1.165, 1.54) is 11.1 Å². The van der Waals surface area contributed by atoms with Crippen LogP contribution in [0.5, 0.6) is 0 Å². The van der Waals surface area contributed by atoms with Gasteiger partial charge in [0.1, 0.15) is 5.60 Å². The quantitative estimate of drug-likeness (QED) is 0.890. The van der Waals surface area contributed by atoms with Crippen molar-refractivity contribution in [3.63, 3.8) is 0 Å². The van der Waals surface area contributed by atoms with E-state index < -0.39 is 5.60 Å². The molecular weight excluding hydrogens is 286 g/mol. The van der Waals surface area contributed by atoms with E-state index in [-0.39, 0.29) is 11.5 Å². The Bertz CT molecular complexity index is 635. The summed E-state index contributed by atoms with van der Waals surface area (Å²) < 4.78 is 1.71. The first-order chi connectivity index (χ1) is 10.6. The fraction of sp³-hybridized carbons (Fsp3) is 0.526. The molecule has 23 heavy (non-hydrogen) atoms. The van der Waals surface area contributed by atoms with Gasteiger partial charge in [0.15, 0.2) is 0 Å². The lowest BCUT2D eigenvalue weighted by atomic mass is 9.86. The highest BCUT2D eigenvalue weighted by molar-refractivity contribution is 5.29. The van der Waals surface area contributed by atoms with Crippen molar-refractivity contribution in [1.29, 1.82) is 0 Å².